The van der Waals surface area contributed by atoms with Crippen molar-refractivity contribution in [2.24, 2.45) is 0 Å². The summed E-state index contributed by atoms with van der Waals surface area (Å²) in [7, 11) is 0. The van der Waals surface area contributed by atoms with Crippen LogP contribution in [-0.2, 0) is 11.3 Å². The first-order valence-corrected chi connectivity index (χ1v) is 11.3. The van der Waals surface area contributed by atoms with Gasteiger partial charge in [-0.25, -0.2) is 9.97 Å². The molecule has 0 fully saturated rings. The van der Waals surface area contributed by atoms with E-state index in [1.54, 1.807) is 18.5 Å². The summed E-state index contributed by atoms with van der Waals surface area (Å²) in [6.45, 7) is 4.82. The minimum absolute atomic E-state index is 0.181. The van der Waals surface area contributed by atoms with Crippen molar-refractivity contribution in [2.45, 2.75) is 56.5 Å². The zero-order valence-electron chi connectivity index (χ0n) is 17.1. The zero-order chi connectivity index (χ0) is 21.3. The van der Waals surface area contributed by atoms with Gasteiger partial charge in [0.05, 0.1) is 5.25 Å². The molecule has 1 aromatic carbocycles. The van der Waals surface area contributed by atoms with E-state index in [-0.39, 0.29) is 17.1 Å². The average Bonchev–Trinajstić information content (AvgIpc) is 3.14. The highest BCUT2D eigenvalue weighted by atomic mass is 35.5. The molecular weight excluding hydrogens is 420 g/mol. The fourth-order valence-electron chi connectivity index (χ4n) is 2.87. The van der Waals surface area contributed by atoms with Crippen LogP contribution in [0.25, 0.3) is 11.4 Å². The SMILES string of the molecule is CCCCCCn1c(SC(C)C(=O)Nc2ncccn2)nnc1-c1ccc(Cl)cc1. The van der Waals surface area contributed by atoms with Crippen molar-refractivity contribution in [3.05, 3.63) is 47.7 Å². The van der Waals surface area contributed by atoms with Gasteiger partial charge < -0.3 is 4.57 Å². The normalized spacial score (nSPS) is 12.0. The quantitative estimate of drug-likeness (QED) is 0.346. The van der Waals surface area contributed by atoms with E-state index in [0.717, 1.165) is 30.8 Å². The molecule has 0 saturated carbocycles. The molecule has 0 saturated heterocycles. The number of carbonyl (C=O) groups is 1. The van der Waals surface area contributed by atoms with Gasteiger partial charge in [0.1, 0.15) is 0 Å². The van der Waals surface area contributed by atoms with E-state index >= 15 is 0 Å². The summed E-state index contributed by atoms with van der Waals surface area (Å²) in [6.07, 6.45) is 7.71. The summed E-state index contributed by atoms with van der Waals surface area (Å²) in [6, 6.07) is 9.26. The molecule has 2 aromatic heterocycles. The van der Waals surface area contributed by atoms with Gasteiger partial charge in [-0.1, -0.05) is 49.5 Å². The molecule has 0 aliphatic carbocycles. The van der Waals surface area contributed by atoms with Gasteiger partial charge >= 0.3 is 0 Å². The first-order valence-electron chi connectivity index (χ1n) is 10.0. The molecule has 1 atom stereocenters. The molecule has 9 heteroatoms. The maximum Gasteiger partial charge on any atom is 0.240 e. The number of aromatic nitrogens is 5. The van der Waals surface area contributed by atoms with Crippen molar-refractivity contribution in [1.82, 2.24) is 24.7 Å². The van der Waals surface area contributed by atoms with E-state index in [0.29, 0.717) is 10.2 Å². The second-order valence-corrected chi connectivity index (χ2v) is 8.59. The third-order valence-electron chi connectivity index (χ3n) is 4.51. The molecule has 158 valence electrons. The first kappa shape index (κ1) is 22.2. The number of thioether (sulfide) groups is 1. The number of nitrogens with one attached hydrogen (secondary N) is 1. The highest BCUT2D eigenvalue weighted by Gasteiger charge is 2.21. The lowest BCUT2D eigenvalue weighted by atomic mass is 10.2. The van der Waals surface area contributed by atoms with Crippen molar-refractivity contribution in [2.75, 3.05) is 5.32 Å². The van der Waals surface area contributed by atoms with E-state index in [2.05, 4.69) is 37.0 Å². The van der Waals surface area contributed by atoms with Crippen LogP contribution in [-0.4, -0.2) is 35.9 Å². The maximum atomic E-state index is 12.6. The Balaban J connectivity index is 1.76. The maximum absolute atomic E-state index is 12.6. The van der Waals surface area contributed by atoms with Gasteiger partial charge in [-0.05, 0) is 43.7 Å². The molecular formula is C21H25ClN6OS. The topological polar surface area (TPSA) is 85.6 Å². The van der Waals surface area contributed by atoms with Crippen LogP contribution in [0.4, 0.5) is 5.95 Å². The molecule has 3 aromatic rings. The summed E-state index contributed by atoms with van der Waals surface area (Å²) < 4.78 is 2.09. The minimum atomic E-state index is -0.384. The predicted molar refractivity (Wildman–Crippen MR) is 121 cm³/mol. The van der Waals surface area contributed by atoms with Crippen LogP contribution in [0.3, 0.4) is 0 Å². The molecule has 0 aliphatic heterocycles. The standard InChI is InChI=1S/C21H25ClN6OS/c1-3-4-5-6-14-28-18(16-8-10-17(22)11-9-16)26-27-21(28)30-15(2)19(29)25-20-23-12-7-13-24-20/h7-13,15H,3-6,14H2,1-2H3,(H,23,24,25,29). The van der Waals surface area contributed by atoms with Crippen LogP contribution >= 0.6 is 23.4 Å². The highest BCUT2D eigenvalue weighted by Crippen LogP contribution is 2.28. The monoisotopic (exact) mass is 444 g/mol. The first-order chi connectivity index (χ1) is 14.6. The Hall–Kier alpha value is -2.45. The lowest BCUT2D eigenvalue weighted by Crippen LogP contribution is -2.24. The molecule has 7 nitrogen and oxygen atoms in total. The third-order valence-corrected chi connectivity index (χ3v) is 5.84. The molecule has 3 rings (SSSR count). The van der Waals surface area contributed by atoms with Gasteiger partial charge in [0.2, 0.25) is 11.9 Å². The molecule has 30 heavy (non-hydrogen) atoms. The minimum Gasteiger partial charge on any atom is -0.302 e. The van der Waals surface area contributed by atoms with Crippen LogP contribution in [0.1, 0.15) is 39.5 Å². The van der Waals surface area contributed by atoms with Crippen LogP contribution < -0.4 is 5.32 Å². The van der Waals surface area contributed by atoms with Gasteiger partial charge in [-0.3, -0.25) is 10.1 Å². The number of hydrogen-bond donors (Lipinski definition) is 1. The van der Waals surface area contributed by atoms with Crippen LogP contribution in [0.2, 0.25) is 5.02 Å². The molecule has 1 unspecified atom stereocenters. The van der Waals surface area contributed by atoms with Crippen molar-refractivity contribution in [3.63, 3.8) is 0 Å². The summed E-state index contributed by atoms with van der Waals surface area (Å²) in [5.41, 5.74) is 0.948. The zero-order valence-corrected chi connectivity index (χ0v) is 18.7. The number of carbonyl (C=O) groups excluding carboxylic acids is 1. The van der Waals surface area contributed by atoms with E-state index in [4.69, 9.17) is 11.6 Å². The Morgan fingerprint density at radius 1 is 1.13 bits per heavy atom. The lowest BCUT2D eigenvalue weighted by Gasteiger charge is -2.13. The number of unbranched alkanes of at least 4 members (excludes halogenated alkanes) is 3. The smallest absolute Gasteiger partial charge is 0.240 e. The number of anilines is 1. The van der Waals surface area contributed by atoms with E-state index in [1.165, 1.54) is 24.6 Å². The number of benzene rings is 1. The van der Waals surface area contributed by atoms with Gasteiger partial charge in [0.25, 0.3) is 0 Å². The van der Waals surface area contributed by atoms with Gasteiger partial charge in [0.15, 0.2) is 11.0 Å². The van der Waals surface area contributed by atoms with Crippen molar-refractivity contribution >= 4 is 35.2 Å². The van der Waals surface area contributed by atoms with Crippen molar-refractivity contribution < 1.29 is 4.79 Å². The molecule has 2 heterocycles. The fraction of sp³-hybridized carbons (Fsp3) is 0.381. The van der Waals surface area contributed by atoms with Crippen molar-refractivity contribution in [3.8, 4) is 11.4 Å². The molecule has 0 aliphatic rings. The van der Waals surface area contributed by atoms with E-state index < -0.39 is 0 Å². The second kappa shape index (κ2) is 11.1. The Morgan fingerprint density at radius 2 is 1.87 bits per heavy atom. The number of halogens is 1. The Labute approximate surface area is 185 Å². The Bertz CT molecular complexity index is 948. The van der Waals surface area contributed by atoms with Gasteiger partial charge in [-0.2, -0.15) is 0 Å². The summed E-state index contributed by atoms with van der Waals surface area (Å²) >= 11 is 7.41. The Morgan fingerprint density at radius 3 is 2.57 bits per heavy atom. The average molecular weight is 445 g/mol. The molecule has 1 N–H and O–H groups in total. The number of rotatable bonds is 10. The van der Waals surface area contributed by atoms with Crippen LogP contribution in [0, 0.1) is 0 Å². The largest absolute Gasteiger partial charge is 0.302 e. The summed E-state index contributed by atoms with van der Waals surface area (Å²) in [4.78, 5) is 20.6. The highest BCUT2D eigenvalue weighted by molar-refractivity contribution is 8.00. The molecule has 1 amide bonds. The second-order valence-electron chi connectivity index (χ2n) is 6.85. The fourth-order valence-corrected chi connectivity index (χ4v) is 3.87. The summed E-state index contributed by atoms with van der Waals surface area (Å²) in [5.74, 6) is 0.891. The molecule has 0 bridgehead atoms. The predicted octanol–water partition coefficient (Wildman–Crippen LogP) is 5.09. The van der Waals surface area contributed by atoms with Crippen LogP contribution in [0.15, 0.2) is 47.9 Å². The van der Waals surface area contributed by atoms with E-state index in [1.807, 2.05) is 31.2 Å². The number of nitrogens with zero attached hydrogens (tertiary/aromatic N) is 5. The van der Waals surface area contributed by atoms with Crippen LogP contribution in [0.5, 0.6) is 0 Å². The molecule has 0 spiro atoms. The van der Waals surface area contributed by atoms with E-state index in [9.17, 15) is 4.79 Å². The van der Waals surface area contributed by atoms with Crippen molar-refractivity contribution in [1.29, 1.82) is 0 Å². The lowest BCUT2D eigenvalue weighted by molar-refractivity contribution is -0.115. The number of amides is 1. The Kier molecular flexibility index (Phi) is 8.21. The third kappa shape index (κ3) is 6.03. The summed E-state index contributed by atoms with van der Waals surface area (Å²) in [5, 5.41) is 12.5. The van der Waals surface area contributed by atoms with Gasteiger partial charge in [0, 0.05) is 29.5 Å². The number of hydrogen-bond acceptors (Lipinski definition) is 6. The molecule has 0 radical (unpaired) electrons. The van der Waals surface area contributed by atoms with Gasteiger partial charge in [-0.15, -0.1) is 10.2 Å².